The van der Waals surface area contributed by atoms with Gasteiger partial charge in [-0.15, -0.1) is 0 Å². The van der Waals surface area contributed by atoms with Crippen LogP contribution in [0.3, 0.4) is 0 Å². The van der Waals surface area contributed by atoms with E-state index in [2.05, 4.69) is 5.32 Å². The monoisotopic (exact) mass is 288 g/mol. The molecule has 2 rings (SSSR count). The molecule has 0 fully saturated rings. The maximum Gasteiger partial charge on any atom is 0.412 e. The lowest BCUT2D eigenvalue weighted by Crippen LogP contribution is -2.38. The van der Waals surface area contributed by atoms with Gasteiger partial charge < -0.3 is 10.5 Å². The number of carbonyl (C=O) groups is 2. The lowest BCUT2D eigenvalue weighted by Gasteiger charge is -2.37. The molecule has 0 radical (unpaired) electrons. The standard InChI is InChI=1S/C16H20N2O3/c1-4-16(5-2)12-9-11(10(3)8-14(17)19)6-7-13(12)18-15(20)21-16/h6-9H,4-5H2,1-3H3,(H2,17,19)(H,18,20)/b10-8+. The first kappa shape index (κ1) is 15.1. The molecular formula is C16H20N2O3. The summed E-state index contributed by atoms with van der Waals surface area (Å²) in [5.74, 6) is -0.480. The predicted molar refractivity (Wildman–Crippen MR) is 81.7 cm³/mol. The second kappa shape index (κ2) is 5.60. The number of hydrogen-bond acceptors (Lipinski definition) is 3. The number of cyclic esters (lactones) is 1. The Morgan fingerprint density at radius 2 is 2.05 bits per heavy atom. The van der Waals surface area contributed by atoms with Gasteiger partial charge in [0.05, 0.1) is 5.69 Å². The molecule has 0 bridgehead atoms. The lowest BCUT2D eigenvalue weighted by molar-refractivity contribution is -0.113. The minimum Gasteiger partial charge on any atom is -0.438 e. The Labute approximate surface area is 124 Å². The number of anilines is 1. The third kappa shape index (κ3) is 2.77. The summed E-state index contributed by atoms with van der Waals surface area (Å²) in [5, 5.41) is 2.72. The van der Waals surface area contributed by atoms with Gasteiger partial charge in [-0.1, -0.05) is 19.9 Å². The van der Waals surface area contributed by atoms with Gasteiger partial charge in [-0.25, -0.2) is 4.79 Å². The number of fused-ring (bicyclic) bond motifs is 1. The molecule has 1 aromatic rings. The van der Waals surface area contributed by atoms with Crippen molar-refractivity contribution in [1.82, 2.24) is 0 Å². The quantitative estimate of drug-likeness (QED) is 0.835. The molecule has 1 aromatic carbocycles. The molecule has 5 nitrogen and oxygen atoms in total. The van der Waals surface area contributed by atoms with E-state index in [0.29, 0.717) is 12.8 Å². The molecular weight excluding hydrogens is 268 g/mol. The van der Waals surface area contributed by atoms with E-state index < -0.39 is 17.6 Å². The zero-order chi connectivity index (χ0) is 15.6. The number of allylic oxidation sites excluding steroid dienone is 1. The molecule has 0 unspecified atom stereocenters. The first-order valence-electron chi connectivity index (χ1n) is 7.04. The number of benzene rings is 1. The van der Waals surface area contributed by atoms with Crippen LogP contribution in [0.4, 0.5) is 10.5 Å². The summed E-state index contributed by atoms with van der Waals surface area (Å²) >= 11 is 0. The molecule has 0 atom stereocenters. The van der Waals surface area contributed by atoms with E-state index in [9.17, 15) is 9.59 Å². The van der Waals surface area contributed by atoms with Gasteiger partial charge in [0.15, 0.2) is 0 Å². The van der Waals surface area contributed by atoms with Crippen LogP contribution in [0, 0.1) is 0 Å². The van der Waals surface area contributed by atoms with E-state index in [1.807, 2.05) is 39.0 Å². The summed E-state index contributed by atoms with van der Waals surface area (Å²) in [4.78, 5) is 22.7. The number of hydrogen-bond donors (Lipinski definition) is 2. The summed E-state index contributed by atoms with van der Waals surface area (Å²) < 4.78 is 5.55. The molecule has 0 saturated heterocycles. The second-order valence-corrected chi connectivity index (χ2v) is 5.21. The van der Waals surface area contributed by atoms with Gasteiger partial charge in [-0.3, -0.25) is 10.1 Å². The molecule has 21 heavy (non-hydrogen) atoms. The SMILES string of the molecule is CCC1(CC)OC(=O)Nc2ccc(/C(C)=C/C(N)=O)cc21. The Kier molecular flexibility index (Phi) is 4.02. The first-order valence-corrected chi connectivity index (χ1v) is 7.04. The van der Waals surface area contributed by atoms with Crippen molar-refractivity contribution in [3.8, 4) is 0 Å². The van der Waals surface area contributed by atoms with Gasteiger partial charge in [-0.05, 0) is 43.0 Å². The third-order valence-electron chi connectivity index (χ3n) is 3.99. The van der Waals surface area contributed by atoms with E-state index >= 15 is 0 Å². The van der Waals surface area contributed by atoms with Gasteiger partial charge >= 0.3 is 6.09 Å². The number of rotatable bonds is 4. The fourth-order valence-corrected chi connectivity index (χ4v) is 2.72. The van der Waals surface area contributed by atoms with Crippen LogP contribution in [0.2, 0.25) is 0 Å². The summed E-state index contributed by atoms with van der Waals surface area (Å²) in [6, 6.07) is 5.65. The van der Waals surface area contributed by atoms with Gasteiger partial charge in [-0.2, -0.15) is 0 Å². The number of nitrogens with one attached hydrogen (secondary N) is 1. The van der Waals surface area contributed by atoms with Gasteiger partial charge in [0.1, 0.15) is 5.60 Å². The minimum absolute atomic E-state index is 0.427. The van der Waals surface area contributed by atoms with Crippen LogP contribution in [0.15, 0.2) is 24.3 Å². The van der Waals surface area contributed by atoms with Crippen molar-refractivity contribution in [3.05, 3.63) is 35.4 Å². The van der Waals surface area contributed by atoms with Crippen LogP contribution in [-0.4, -0.2) is 12.0 Å². The van der Waals surface area contributed by atoms with Crippen LogP contribution in [-0.2, 0) is 15.1 Å². The second-order valence-electron chi connectivity index (χ2n) is 5.21. The number of amides is 2. The summed E-state index contributed by atoms with van der Waals surface area (Å²) in [6.45, 7) is 5.81. The molecule has 112 valence electrons. The summed E-state index contributed by atoms with van der Waals surface area (Å²) in [7, 11) is 0. The Bertz CT molecular complexity index is 616. The molecule has 0 aliphatic carbocycles. The maximum atomic E-state index is 11.7. The van der Waals surface area contributed by atoms with Gasteiger partial charge in [0, 0.05) is 11.6 Å². The van der Waals surface area contributed by atoms with Crippen LogP contribution in [0.5, 0.6) is 0 Å². The topological polar surface area (TPSA) is 81.4 Å². The highest BCUT2D eigenvalue weighted by molar-refractivity contribution is 5.94. The predicted octanol–water partition coefficient (Wildman–Crippen LogP) is 3.15. The zero-order valence-corrected chi connectivity index (χ0v) is 12.5. The van der Waals surface area contributed by atoms with Crippen molar-refractivity contribution in [3.63, 3.8) is 0 Å². The summed E-state index contributed by atoms with van der Waals surface area (Å²) in [5.41, 5.74) is 7.93. The highest BCUT2D eigenvalue weighted by Crippen LogP contribution is 2.42. The van der Waals surface area contributed by atoms with Crippen molar-refractivity contribution in [2.45, 2.75) is 39.2 Å². The van der Waals surface area contributed by atoms with Gasteiger partial charge in [0.25, 0.3) is 0 Å². The first-order chi connectivity index (χ1) is 9.91. The van der Waals surface area contributed by atoms with Crippen molar-refractivity contribution in [2.75, 3.05) is 5.32 Å². The smallest absolute Gasteiger partial charge is 0.412 e. The molecule has 0 aromatic heterocycles. The van der Waals surface area contributed by atoms with Crippen LogP contribution in [0.25, 0.3) is 5.57 Å². The highest BCUT2D eigenvalue weighted by Gasteiger charge is 2.39. The average Bonchev–Trinajstić information content (AvgIpc) is 2.45. The van der Waals surface area contributed by atoms with Crippen molar-refractivity contribution in [2.24, 2.45) is 5.73 Å². The molecule has 0 saturated carbocycles. The largest absolute Gasteiger partial charge is 0.438 e. The van der Waals surface area contributed by atoms with Crippen LogP contribution < -0.4 is 11.1 Å². The van der Waals surface area contributed by atoms with Crippen LogP contribution in [0.1, 0.15) is 44.7 Å². The lowest BCUT2D eigenvalue weighted by atomic mass is 9.84. The van der Waals surface area contributed by atoms with Crippen LogP contribution >= 0.6 is 0 Å². The number of carbonyl (C=O) groups excluding carboxylic acids is 2. The fraction of sp³-hybridized carbons (Fsp3) is 0.375. The maximum absolute atomic E-state index is 11.7. The van der Waals surface area contributed by atoms with Crippen molar-refractivity contribution >= 4 is 23.3 Å². The van der Waals surface area contributed by atoms with E-state index in [1.54, 1.807) is 0 Å². The highest BCUT2D eigenvalue weighted by atomic mass is 16.6. The molecule has 3 N–H and O–H groups in total. The third-order valence-corrected chi connectivity index (χ3v) is 3.99. The molecule has 5 heteroatoms. The average molecular weight is 288 g/mol. The van der Waals surface area contributed by atoms with Gasteiger partial charge in [0.2, 0.25) is 5.91 Å². The van der Waals surface area contributed by atoms with E-state index in [-0.39, 0.29) is 0 Å². The fourth-order valence-electron chi connectivity index (χ4n) is 2.72. The Morgan fingerprint density at radius 1 is 1.38 bits per heavy atom. The minimum atomic E-state index is -0.624. The Balaban J connectivity index is 2.56. The number of ether oxygens (including phenoxy) is 1. The van der Waals surface area contributed by atoms with Crippen molar-refractivity contribution < 1.29 is 14.3 Å². The summed E-state index contributed by atoms with van der Waals surface area (Å²) in [6.07, 6.45) is 2.34. The molecule has 2 amide bonds. The molecule has 1 aliphatic rings. The van der Waals surface area contributed by atoms with E-state index in [4.69, 9.17) is 10.5 Å². The Morgan fingerprint density at radius 3 is 2.62 bits per heavy atom. The van der Waals surface area contributed by atoms with Crippen molar-refractivity contribution in [1.29, 1.82) is 0 Å². The molecule has 0 spiro atoms. The number of nitrogens with two attached hydrogens (primary N) is 1. The molecule has 1 aliphatic heterocycles. The van der Waals surface area contributed by atoms with E-state index in [0.717, 1.165) is 22.4 Å². The zero-order valence-electron chi connectivity index (χ0n) is 12.5. The normalized spacial score (nSPS) is 16.7. The Hall–Kier alpha value is -2.30. The molecule has 1 heterocycles. The number of primary amides is 1. The van der Waals surface area contributed by atoms with E-state index in [1.165, 1.54) is 6.08 Å².